The van der Waals surface area contributed by atoms with E-state index < -0.39 is 0 Å². The van der Waals surface area contributed by atoms with Gasteiger partial charge in [0.1, 0.15) is 12.3 Å². The van der Waals surface area contributed by atoms with Crippen LogP contribution in [-0.4, -0.2) is 38.2 Å². The summed E-state index contributed by atoms with van der Waals surface area (Å²) < 4.78 is 17.8. The van der Waals surface area contributed by atoms with E-state index in [-0.39, 0.29) is 31.1 Å². The number of ether oxygens (including phenoxy) is 3. The highest BCUT2D eigenvalue weighted by molar-refractivity contribution is 9.10. The Balaban J connectivity index is 1.47. The normalized spacial score (nSPS) is 16.1. The van der Waals surface area contributed by atoms with E-state index in [1.54, 1.807) is 37.4 Å². The number of hydrogen-bond donors (Lipinski definition) is 1. The molecule has 4 rings (SSSR count). The van der Waals surface area contributed by atoms with Gasteiger partial charge >= 0.3 is 0 Å². The first-order chi connectivity index (χ1) is 14.5. The van der Waals surface area contributed by atoms with Crippen molar-refractivity contribution in [1.29, 1.82) is 0 Å². The number of halogens is 1. The minimum atomic E-state index is -0.309. The van der Waals surface area contributed by atoms with Crippen molar-refractivity contribution in [2.45, 2.75) is 31.8 Å². The molecule has 2 aromatic carbocycles. The number of carbonyl (C=O) groups is 2. The molecule has 2 aliphatic rings. The van der Waals surface area contributed by atoms with Gasteiger partial charge in [-0.25, -0.2) is 0 Å². The maximum Gasteiger partial charge on any atom is 0.265 e. The maximum absolute atomic E-state index is 12.7. The molecule has 1 aliphatic heterocycles. The van der Waals surface area contributed by atoms with Gasteiger partial charge < -0.3 is 19.5 Å². The number of nitrogens with one attached hydrogen (secondary N) is 1. The van der Waals surface area contributed by atoms with Crippen LogP contribution in [0.1, 0.15) is 25.7 Å². The standard InChI is InChI=1S/C22H23BrN2O5/c1-28-18-9-7-15(11-20(18)30-16-4-2-3-5-16)24-21(26)12-25-17-8-6-14(23)10-19(17)29-13-22(25)27/h6-11,16H,2-5,12-13H2,1H3,(H,24,26). The van der Waals surface area contributed by atoms with E-state index in [9.17, 15) is 9.59 Å². The van der Waals surface area contributed by atoms with Crippen LogP contribution in [0.5, 0.6) is 17.2 Å². The Bertz CT molecular complexity index is 959. The van der Waals surface area contributed by atoms with Gasteiger partial charge in [-0.3, -0.25) is 14.5 Å². The fourth-order valence-corrected chi connectivity index (χ4v) is 4.07. The third-order valence-electron chi connectivity index (χ3n) is 5.21. The van der Waals surface area contributed by atoms with Gasteiger partial charge in [0.25, 0.3) is 5.91 Å². The third-order valence-corrected chi connectivity index (χ3v) is 5.70. The first-order valence-corrected chi connectivity index (χ1v) is 10.7. The van der Waals surface area contributed by atoms with Crippen molar-refractivity contribution in [2.24, 2.45) is 0 Å². The van der Waals surface area contributed by atoms with Crippen LogP contribution >= 0.6 is 15.9 Å². The lowest BCUT2D eigenvalue weighted by atomic mass is 10.2. The Hall–Kier alpha value is -2.74. The van der Waals surface area contributed by atoms with Crippen molar-refractivity contribution in [3.05, 3.63) is 40.9 Å². The van der Waals surface area contributed by atoms with Gasteiger partial charge in [-0.2, -0.15) is 0 Å². The van der Waals surface area contributed by atoms with Crippen molar-refractivity contribution < 1.29 is 23.8 Å². The van der Waals surface area contributed by atoms with E-state index in [0.29, 0.717) is 28.6 Å². The molecule has 0 atom stereocenters. The molecule has 1 saturated carbocycles. The van der Waals surface area contributed by atoms with Crippen LogP contribution in [-0.2, 0) is 9.59 Å². The molecule has 0 saturated heterocycles. The fourth-order valence-electron chi connectivity index (χ4n) is 3.73. The van der Waals surface area contributed by atoms with Gasteiger partial charge in [0.05, 0.1) is 18.9 Å². The number of methoxy groups -OCH3 is 1. The van der Waals surface area contributed by atoms with Gasteiger partial charge in [0.2, 0.25) is 5.91 Å². The van der Waals surface area contributed by atoms with Crippen LogP contribution in [0.25, 0.3) is 0 Å². The summed E-state index contributed by atoms with van der Waals surface area (Å²) in [5.41, 5.74) is 1.16. The van der Waals surface area contributed by atoms with Gasteiger partial charge in [0, 0.05) is 16.2 Å². The largest absolute Gasteiger partial charge is 0.493 e. The fraction of sp³-hybridized carbons (Fsp3) is 0.364. The van der Waals surface area contributed by atoms with E-state index in [4.69, 9.17) is 14.2 Å². The lowest BCUT2D eigenvalue weighted by Crippen LogP contribution is -2.43. The Morgan fingerprint density at radius 2 is 2.00 bits per heavy atom. The Kier molecular flexibility index (Phi) is 6.13. The molecule has 0 aromatic heterocycles. The number of carbonyl (C=O) groups excluding carboxylic acids is 2. The van der Waals surface area contributed by atoms with Gasteiger partial charge in [-0.1, -0.05) is 15.9 Å². The summed E-state index contributed by atoms with van der Waals surface area (Å²) in [6.07, 6.45) is 4.54. The van der Waals surface area contributed by atoms with Crippen LogP contribution in [0, 0.1) is 0 Å². The summed E-state index contributed by atoms with van der Waals surface area (Å²) in [6.45, 7) is -0.208. The van der Waals surface area contributed by atoms with E-state index in [1.807, 2.05) is 6.07 Å². The topological polar surface area (TPSA) is 77.1 Å². The van der Waals surface area contributed by atoms with Gasteiger partial charge in [-0.05, 0) is 56.0 Å². The number of anilines is 2. The number of hydrogen-bond acceptors (Lipinski definition) is 5. The number of nitrogens with zero attached hydrogens (tertiary/aromatic N) is 1. The highest BCUT2D eigenvalue weighted by atomic mass is 79.9. The predicted molar refractivity (Wildman–Crippen MR) is 116 cm³/mol. The molecule has 0 unspecified atom stereocenters. The molecule has 8 heteroatoms. The molecule has 158 valence electrons. The zero-order valence-electron chi connectivity index (χ0n) is 16.7. The van der Waals surface area contributed by atoms with E-state index in [2.05, 4.69) is 21.2 Å². The van der Waals surface area contributed by atoms with Crippen molar-refractivity contribution in [3.63, 3.8) is 0 Å². The number of rotatable bonds is 6. The average molecular weight is 475 g/mol. The summed E-state index contributed by atoms with van der Waals surface area (Å²) in [6, 6.07) is 10.6. The SMILES string of the molecule is COc1ccc(NC(=O)CN2C(=O)COc3cc(Br)ccc32)cc1OC1CCCC1. The summed E-state index contributed by atoms with van der Waals surface area (Å²) in [4.78, 5) is 26.5. The summed E-state index contributed by atoms with van der Waals surface area (Å²) in [7, 11) is 1.59. The Morgan fingerprint density at radius 1 is 1.20 bits per heavy atom. The molecule has 0 bridgehead atoms. The highest BCUT2D eigenvalue weighted by Gasteiger charge is 2.27. The van der Waals surface area contributed by atoms with Crippen LogP contribution in [0.15, 0.2) is 40.9 Å². The minimum absolute atomic E-state index is 0.0986. The number of fused-ring (bicyclic) bond motifs is 1. The van der Waals surface area contributed by atoms with Crippen molar-refractivity contribution in [3.8, 4) is 17.2 Å². The predicted octanol–water partition coefficient (Wildman–Crippen LogP) is 4.14. The molecule has 1 fully saturated rings. The van der Waals surface area contributed by atoms with E-state index in [0.717, 1.165) is 30.2 Å². The zero-order valence-corrected chi connectivity index (χ0v) is 18.2. The summed E-state index contributed by atoms with van der Waals surface area (Å²) in [5, 5.41) is 2.85. The molecule has 1 heterocycles. The smallest absolute Gasteiger partial charge is 0.265 e. The first-order valence-electron chi connectivity index (χ1n) is 9.91. The quantitative estimate of drug-likeness (QED) is 0.680. The van der Waals surface area contributed by atoms with Gasteiger partial charge in [-0.15, -0.1) is 0 Å². The van der Waals surface area contributed by atoms with Crippen LogP contribution < -0.4 is 24.4 Å². The molecule has 30 heavy (non-hydrogen) atoms. The first kappa shape index (κ1) is 20.5. The lowest BCUT2D eigenvalue weighted by Gasteiger charge is -2.29. The van der Waals surface area contributed by atoms with Crippen LogP contribution in [0.2, 0.25) is 0 Å². The second-order valence-electron chi connectivity index (χ2n) is 7.32. The molecule has 1 aliphatic carbocycles. The molecule has 7 nitrogen and oxygen atoms in total. The van der Waals surface area contributed by atoms with Crippen molar-refractivity contribution in [2.75, 3.05) is 30.5 Å². The summed E-state index contributed by atoms with van der Waals surface area (Å²) in [5.74, 6) is 1.23. The molecule has 2 amide bonds. The van der Waals surface area contributed by atoms with E-state index in [1.165, 1.54) is 4.90 Å². The van der Waals surface area contributed by atoms with E-state index >= 15 is 0 Å². The zero-order chi connectivity index (χ0) is 21.1. The second-order valence-corrected chi connectivity index (χ2v) is 8.23. The maximum atomic E-state index is 12.7. The third kappa shape index (κ3) is 4.53. The lowest BCUT2D eigenvalue weighted by molar-refractivity contribution is -0.123. The number of benzene rings is 2. The van der Waals surface area contributed by atoms with Crippen molar-refractivity contribution in [1.82, 2.24) is 0 Å². The molecular weight excluding hydrogens is 452 g/mol. The Labute approximate surface area is 183 Å². The molecule has 1 N–H and O–H groups in total. The monoisotopic (exact) mass is 474 g/mol. The molecule has 2 aromatic rings. The molecule has 0 radical (unpaired) electrons. The van der Waals surface area contributed by atoms with Crippen LogP contribution in [0.4, 0.5) is 11.4 Å². The highest BCUT2D eigenvalue weighted by Crippen LogP contribution is 2.35. The second kappa shape index (κ2) is 8.95. The Morgan fingerprint density at radius 3 is 2.77 bits per heavy atom. The average Bonchev–Trinajstić information content (AvgIpc) is 3.23. The molecular formula is C22H23BrN2O5. The summed E-state index contributed by atoms with van der Waals surface area (Å²) >= 11 is 3.39. The van der Waals surface area contributed by atoms with Crippen LogP contribution in [0.3, 0.4) is 0 Å². The van der Waals surface area contributed by atoms with Gasteiger partial charge in [0.15, 0.2) is 18.1 Å². The molecule has 0 spiro atoms. The minimum Gasteiger partial charge on any atom is -0.493 e. The number of amides is 2. The van der Waals surface area contributed by atoms with Crippen molar-refractivity contribution >= 4 is 39.1 Å².